The van der Waals surface area contributed by atoms with Crippen molar-refractivity contribution < 1.29 is 14.7 Å². The predicted molar refractivity (Wildman–Crippen MR) is 69.6 cm³/mol. The van der Waals surface area contributed by atoms with E-state index < -0.39 is 5.97 Å². The van der Waals surface area contributed by atoms with Gasteiger partial charge in [0.25, 0.3) is 0 Å². The molecule has 0 saturated heterocycles. The molecule has 1 unspecified atom stereocenters. The number of carbonyl (C=O) groups excluding carboxylic acids is 1. The Morgan fingerprint density at radius 3 is 2.89 bits per heavy atom. The molecule has 19 heavy (non-hydrogen) atoms. The summed E-state index contributed by atoms with van der Waals surface area (Å²) in [6, 6.07) is 7.13. The van der Waals surface area contributed by atoms with Gasteiger partial charge >= 0.3 is 5.97 Å². The summed E-state index contributed by atoms with van der Waals surface area (Å²) in [6.45, 7) is 1.79. The molecule has 0 fully saturated rings. The molecule has 1 aromatic heterocycles. The number of carboxylic acids is 1. The lowest BCUT2D eigenvalue weighted by atomic mass is 10.2. The lowest BCUT2D eigenvalue weighted by Gasteiger charge is -2.12. The zero-order valence-corrected chi connectivity index (χ0v) is 10.5. The smallest absolute Gasteiger partial charge is 0.305 e. The number of amides is 1. The van der Waals surface area contributed by atoms with Crippen LogP contribution in [-0.4, -0.2) is 32.6 Å². The van der Waals surface area contributed by atoms with E-state index in [4.69, 9.17) is 5.11 Å². The van der Waals surface area contributed by atoms with Crippen molar-refractivity contribution in [3.05, 3.63) is 30.6 Å². The van der Waals surface area contributed by atoms with Crippen molar-refractivity contribution in [1.29, 1.82) is 0 Å². The number of imidazole rings is 1. The minimum absolute atomic E-state index is 0.0869. The molecule has 1 aromatic carbocycles. The van der Waals surface area contributed by atoms with Crippen LogP contribution in [0.2, 0.25) is 0 Å². The fraction of sp³-hybridized carbons (Fsp3) is 0.308. The normalized spacial score (nSPS) is 12.3. The van der Waals surface area contributed by atoms with E-state index in [1.807, 2.05) is 24.3 Å². The second-order valence-electron chi connectivity index (χ2n) is 4.43. The van der Waals surface area contributed by atoms with Gasteiger partial charge in [-0.3, -0.25) is 9.59 Å². The molecule has 100 valence electrons. The van der Waals surface area contributed by atoms with Crippen molar-refractivity contribution in [2.24, 2.45) is 0 Å². The molecule has 2 aromatic rings. The summed E-state index contributed by atoms with van der Waals surface area (Å²) in [5.41, 5.74) is 1.71. The first kappa shape index (κ1) is 13.1. The SMILES string of the molecule is CC(CC(=O)O)NC(=O)Cn1cnc2ccccc21. The van der Waals surface area contributed by atoms with Crippen molar-refractivity contribution in [3.63, 3.8) is 0 Å². The molecular formula is C13H15N3O3. The van der Waals surface area contributed by atoms with Crippen LogP contribution >= 0.6 is 0 Å². The summed E-state index contributed by atoms with van der Waals surface area (Å²) in [6.07, 6.45) is 1.52. The van der Waals surface area contributed by atoms with E-state index in [9.17, 15) is 9.59 Å². The fourth-order valence-corrected chi connectivity index (χ4v) is 1.92. The number of carboxylic acid groups (broad SMARTS) is 1. The van der Waals surface area contributed by atoms with Gasteiger partial charge in [-0.1, -0.05) is 12.1 Å². The Morgan fingerprint density at radius 1 is 1.42 bits per heavy atom. The molecule has 1 atom stereocenters. The average molecular weight is 261 g/mol. The molecule has 1 amide bonds. The number of hydrogen-bond acceptors (Lipinski definition) is 3. The monoisotopic (exact) mass is 261 g/mol. The molecule has 0 aliphatic heterocycles. The highest BCUT2D eigenvalue weighted by atomic mass is 16.4. The molecule has 2 rings (SSSR count). The highest BCUT2D eigenvalue weighted by molar-refractivity contribution is 5.81. The van der Waals surface area contributed by atoms with Gasteiger partial charge < -0.3 is 15.0 Å². The zero-order valence-electron chi connectivity index (χ0n) is 10.5. The number of nitrogens with one attached hydrogen (secondary N) is 1. The summed E-state index contributed by atoms with van der Waals surface area (Å²) in [5, 5.41) is 11.3. The van der Waals surface area contributed by atoms with Crippen molar-refractivity contribution in [2.45, 2.75) is 25.9 Å². The molecule has 6 nitrogen and oxygen atoms in total. The number of fused-ring (bicyclic) bond motifs is 1. The van der Waals surface area contributed by atoms with Crippen molar-refractivity contribution in [3.8, 4) is 0 Å². The van der Waals surface area contributed by atoms with E-state index >= 15 is 0 Å². The molecule has 2 N–H and O–H groups in total. The minimum Gasteiger partial charge on any atom is -0.481 e. The molecule has 0 saturated carbocycles. The van der Waals surface area contributed by atoms with E-state index in [0.29, 0.717) is 0 Å². The summed E-state index contributed by atoms with van der Waals surface area (Å²) >= 11 is 0. The number of nitrogens with zero attached hydrogens (tertiary/aromatic N) is 2. The molecule has 0 aliphatic carbocycles. The first-order valence-electron chi connectivity index (χ1n) is 5.97. The number of carbonyl (C=O) groups is 2. The molecule has 0 radical (unpaired) electrons. The van der Waals surface area contributed by atoms with Crippen molar-refractivity contribution >= 4 is 22.9 Å². The number of hydrogen-bond donors (Lipinski definition) is 2. The molecule has 6 heteroatoms. The Hall–Kier alpha value is -2.37. The Balaban J connectivity index is 2.01. The van der Waals surface area contributed by atoms with Crippen molar-refractivity contribution in [1.82, 2.24) is 14.9 Å². The quantitative estimate of drug-likeness (QED) is 0.841. The maximum absolute atomic E-state index is 11.8. The highest BCUT2D eigenvalue weighted by Gasteiger charge is 2.12. The van der Waals surface area contributed by atoms with Crippen LogP contribution in [0.1, 0.15) is 13.3 Å². The van der Waals surface area contributed by atoms with Crippen molar-refractivity contribution in [2.75, 3.05) is 0 Å². The number of benzene rings is 1. The van der Waals surface area contributed by atoms with Gasteiger partial charge in [0, 0.05) is 6.04 Å². The van der Waals surface area contributed by atoms with Gasteiger partial charge in [-0.15, -0.1) is 0 Å². The van der Waals surface area contributed by atoms with E-state index in [1.165, 1.54) is 0 Å². The van der Waals surface area contributed by atoms with Crippen LogP contribution in [0.4, 0.5) is 0 Å². The van der Waals surface area contributed by atoms with Gasteiger partial charge in [0.05, 0.1) is 23.8 Å². The van der Waals surface area contributed by atoms with E-state index in [2.05, 4.69) is 10.3 Å². The third kappa shape index (κ3) is 3.31. The first-order valence-corrected chi connectivity index (χ1v) is 5.97. The Bertz CT molecular complexity index is 606. The molecule has 1 heterocycles. The Labute approximate surface area is 110 Å². The standard InChI is InChI=1S/C13H15N3O3/c1-9(6-13(18)19)15-12(17)7-16-8-14-10-4-2-3-5-11(10)16/h2-5,8-9H,6-7H2,1H3,(H,15,17)(H,18,19). The fourth-order valence-electron chi connectivity index (χ4n) is 1.92. The number of aromatic nitrogens is 2. The summed E-state index contributed by atoms with van der Waals surface area (Å²) in [4.78, 5) is 26.5. The third-order valence-electron chi connectivity index (χ3n) is 2.73. The average Bonchev–Trinajstić information content (AvgIpc) is 2.71. The summed E-state index contributed by atoms with van der Waals surface area (Å²) in [5.74, 6) is -1.15. The summed E-state index contributed by atoms with van der Waals surface area (Å²) < 4.78 is 1.73. The van der Waals surface area contributed by atoms with Crippen LogP contribution in [0.15, 0.2) is 30.6 Å². The van der Waals surface area contributed by atoms with Gasteiger partial charge in [0.1, 0.15) is 6.54 Å². The van der Waals surface area contributed by atoms with E-state index in [0.717, 1.165) is 11.0 Å². The van der Waals surface area contributed by atoms with Gasteiger partial charge in [-0.2, -0.15) is 0 Å². The minimum atomic E-state index is -0.930. The largest absolute Gasteiger partial charge is 0.481 e. The van der Waals surface area contributed by atoms with Gasteiger partial charge in [0.15, 0.2) is 0 Å². The Morgan fingerprint density at radius 2 is 2.16 bits per heavy atom. The highest BCUT2D eigenvalue weighted by Crippen LogP contribution is 2.11. The maximum atomic E-state index is 11.8. The number of para-hydroxylation sites is 2. The van der Waals surface area contributed by atoms with Crippen LogP contribution in [0.25, 0.3) is 11.0 Å². The number of rotatable bonds is 5. The van der Waals surface area contributed by atoms with Crippen LogP contribution in [0.5, 0.6) is 0 Å². The topological polar surface area (TPSA) is 84.2 Å². The van der Waals surface area contributed by atoms with Gasteiger partial charge in [-0.05, 0) is 19.1 Å². The molecular weight excluding hydrogens is 246 g/mol. The lowest BCUT2D eigenvalue weighted by Crippen LogP contribution is -2.36. The van der Waals surface area contributed by atoms with Crippen LogP contribution in [0, 0.1) is 0 Å². The predicted octanol–water partition coefficient (Wildman–Crippen LogP) is 1.02. The second kappa shape index (κ2) is 5.51. The lowest BCUT2D eigenvalue weighted by molar-refractivity contribution is -0.137. The van der Waals surface area contributed by atoms with E-state index in [1.54, 1.807) is 17.8 Å². The zero-order chi connectivity index (χ0) is 13.8. The van der Waals surface area contributed by atoms with E-state index in [-0.39, 0.29) is 24.9 Å². The second-order valence-corrected chi connectivity index (χ2v) is 4.43. The van der Waals surface area contributed by atoms with Gasteiger partial charge in [0.2, 0.25) is 5.91 Å². The molecule has 0 aliphatic rings. The van der Waals surface area contributed by atoms with Crippen LogP contribution in [0.3, 0.4) is 0 Å². The van der Waals surface area contributed by atoms with Gasteiger partial charge in [-0.25, -0.2) is 4.98 Å². The first-order chi connectivity index (χ1) is 9.06. The number of aliphatic carboxylic acids is 1. The maximum Gasteiger partial charge on any atom is 0.305 e. The van der Waals surface area contributed by atoms with Crippen LogP contribution in [-0.2, 0) is 16.1 Å². The molecule has 0 bridgehead atoms. The molecule has 0 spiro atoms. The summed E-state index contributed by atoms with van der Waals surface area (Å²) in [7, 11) is 0. The third-order valence-corrected chi connectivity index (χ3v) is 2.73. The van der Waals surface area contributed by atoms with Crippen LogP contribution < -0.4 is 5.32 Å². The Kier molecular flexibility index (Phi) is 3.79.